The molecule has 170 valence electrons. The summed E-state index contributed by atoms with van der Waals surface area (Å²) in [6.45, 7) is 2.54. The monoisotopic (exact) mass is 470 g/mol. The number of nitriles is 1. The smallest absolute Gasteiger partial charge is 0.286 e. The Morgan fingerprint density at radius 1 is 1.47 bits per heavy atom. The van der Waals surface area contributed by atoms with Gasteiger partial charge >= 0.3 is 0 Å². The first kappa shape index (κ1) is 24.6. The number of amides is 1. The largest absolute Gasteiger partial charge is 0.490 e. The molecule has 2 N–H and O–H groups in total. The van der Waals surface area contributed by atoms with Crippen LogP contribution in [0.15, 0.2) is 45.8 Å². The maximum Gasteiger partial charge on any atom is 0.286 e. The molecule has 9 nitrogen and oxygen atoms in total. The van der Waals surface area contributed by atoms with Gasteiger partial charge in [-0.3, -0.25) is 4.79 Å². The van der Waals surface area contributed by atoms with Crippen molar-refractivity contribution in [2.75, 3.05) is 11.9 Å². The standard InChI is InChI=1S/C19H17F3N4O5S/c1-24-32(29,30)15-10-26(2)17(18(15)31-6-5-13(27)8-16(21)22)19(28)25-12-3-4-14(20)11(7-12)9-23/h3-4,7-8,10,13,27H,1,5-6H2,2H3,(H,25,28)/t13-/m0/s1. The van der Waals surface area contributed by atoms with E-state index in [2.05, 4.69) is 16.4 Å². The van der Waals surface area contributed by atoms with E-state index in [1.54, 1.807) is 6.07 Å². The van der Waals surface area contributed by atoms with Gasteiger partial charge in [-0.2, -0.15) is 26.9 Å². The van der Waals surface area contributed by atoms with E-state index >= 15 is 0 Å². The zero-order chi connectivity index (χ0) is 24.1. The summed E-state index contributed by atoms with van der Waals surface area (Å²) in [5.41, 5.74) is -0.575. The van der Waals surface area contributed by atoms with Crippen molar-refractivity contribution in [2.45, 2.75) is 17.4 Å². The number of hydrogen-bond acceptors (Lipinski definition) is 6. The van der Waals surface area contributed by atoms with Crippen LogP contribution in [-0.4, -0.2) is 43.4 Å². The summed E-state index contributed by atoms with van der Waals surface area (Å²) in [7, 11) is -2.98. The predicted octanol–water partition coefficient (Wildman–Crippen LogP) is 2.59. The number of aryl methyl sites for hydroxylation is 1. The molecular weight excluding hydrogens is 453 g/mol. The minimum atomic E-state index is -4.32. The van der Waals surface area contributed by atoms with E-state index in [0.717, 1.165) is 22.9 Å². The number of sulfonamides is 1. The predicted molar refractivity (Wildman–Crippen MR) is 108 cm³/mol. The van der Waals surface area contributed by atoms with Crippen LogP contribution in [0, 0.1) is 17.1 Å². The van der Waals surface area contributed by atoms with Gasteiger partial charge in [0, 0.05) is 38.1 Å². The average molecular weight is 470 g/mol. The van der Waals surface area contributed by atoms with Crippen molar-refractivity contribution >= 4 is 28.3 Å². The number of benzene rings is 1. The average Bonchev–Trinajstić information content (AvgIpc) is 3.05. The number of aromatic nitrogens is 1. The maximum absolute atomic E-state index is 13.5. The van der Waals surface area contributed by atoms with Gasteiger partial charge in [-0.25, -0.2) is 4.39 Å². The summed E-state index contributed by atoms with van der Waals surface area (Å²) in [4.78, 5) is 12.3. The lowest BCUT2D eigenvalue weighted by atomic mass is 10.2. The molecule has 0 saturated carbocycles. The molecule has 0 aliphatic heterocycles. The van der Waals surface area contributed by atoms with Gasteiger partial charge in [-0.15, -0.1) is 0 Å². The molecule has 0 aliphatic carbocycles. The van der Waals surface area contributed by atoms with Crippen LogP contribution in [0.3, 0.4) is 0 Å². The minimum absolute atomic E-state index is 0.0466. The molecule has 0 radical (unpaired) electrons. The molecule has 32 heavy (non-hydrogen) atoms. The fraction of sp³-hybridized carbons (Fsp3) is 0.211. The van der Waals surface area contributed by atoms with Crippen LogP contribution in [0.5, 0.6) is 5.75 Å². The van der Waals surface area contributed by atoms with Crippen molar-refractivity contribution in [3.05, 3.63) is 53.6 Å². The zero-order valence-electron chi connectivity index (χ0n) is 16.5. The highest BCUT2D eigenvalue weighted by Gasteiger charge is 2.29. The number of aliphatic hydroxyl groups is 1. The number of halogens is 3. The first-order valence-corrected chi connectivity index (χ1v) is 10.2. The van der Waals surface area contributed by atoms with Crippen molar-refractivity contribution in [2.24, 2.45) is 11.4 Å². The Morgan fingerprint density at radius 3 is 2.75 bits per heavy atom. The molecule has 0 unspecified atom stereocenters. The quantitative estimate of drug-likeness (QED) is 0.541. The number of nitrogens with zero attached hydrogens (tertiary/aromatic N) is 3. The van der Waals surface area contributed by atoms with Crippen molar-refractivity contribution < 1.29 is 36.2 Å². The van der Waals surface area contributed by atoms with Gasteiger partial charge in [0.05, 0.1) is 18.3 Å². The highest BCUT2D eigenvalue weighted by Crippen LogP contribution is 2.32. The third kappa shape index (κ3) is 5.74. The van der Waals surface area contributed by atoms with E-state index in [1.165, 1.54) is 13.1 Å². The zero-order valence-corrected chi connectivity index (χ0v) is 17.4. The highest BCUT2D eigenvalue weighted by atomic mass is 32.2. The lowest BCUT2D eigenvalue weighted by molar-refractivity contribution is 0.101. The first-order chi connectivity index (χ1) is 15.0. The molecule has 2 aromatic rings. The third-order valence-electron chi connectivity index (χ3n) is 4.09. The first-order valence-electron chi connectivity index (χ1n) is 8.77. The van der Waals surface area contributed by atoms with Crippen LogP contribution in [0.1, 0.15) is 22.5 Å². The van der Waals surface area contributed by atoms with Crippen LogP contribution in [0.25, 0.3) is 0 Å². The second-order valence-electron chi connectivity index (χ2n) is 6.31. The Balaban J connectivity index is 2.40. The van der Waals surface area contributed by atoms with E-state index in [4.69, 9.17) is 10.00 Å². The molecule has 1 aromatic carbocycles. The topological polar surface area (TPSA) is 134 Å². The minimum Gasteiger partial charge on any atom is -0.490 e. The molecule has 0 spiro atoms. The van der Waals surface area contributed by atoms with Gasteiger partial charge in [-0.05, 0) is 18.2 Å². The van der Waals surface area contributed by atoms with E-state index in [9.17, 15) is 31.5 Å². The Kier molecular flexibility index (Phi) is 7.79. The Morgan fingerprint density at radius 2 is 2.16 bits per heavy atom. The van der Waals surface area contributed by atoms with Crippen LogP contribution < -0.4 is 10.1 Å². The fourth-order valence-corrected chi connectivity index (χ4v) is 3.44. The molecule has 1 aromatic heterocycles. The lowest BCUT2D eigenvalue weighted by Crippen LogP contribution is -2.18. The number of nitrogens with one attached hydrogen (secondary N) is 1. The summed E-state index contributed by atoms with van der Waals surface area (Å²) in [6, 6.07) is 4.85. The Hall–Kier alpha value is -3.63. The fourth-order valence-electron chi connectivity index (χ4n) is 2.62. The molecule has 0 bridgehead atoms. The summed E-state index contributed by atoms with van der Waals surface area (Å²) in [5.74, 6) is -2.12. The molecule has 1 atom stereocenters. The van der Waals surface area contributed by atoms with E-state index < -0.39 is 51.2 Å². The van der Waals surface area contributed by atoms with Gasteiger partial charge in [0.2, 0.25) is 0 Å². The van der Waals surface area contributed by atoms with Crippen molar-refractivity contribution in [1.82, 2.24) is 4.57 Å². The third-order valence-corrected chi connectivity index (χ3v) is 5.28. The summed E-state index contributed by atoms with van der Waals surface area (Å²) in [6.07, 6.45) is -2.68. The number of rotatable bonds is 9. The maximum atomic E-state index is 13.5. The Bertz CT molecular complexity index is 1210. The molecule has 1 heterocycles. The molecule has 0 fully saturated rings. The SMILES string of the molecule is C=NS(=O)(=O)c1cn(C)c(C(=O)Nc2ccc(F)c(C#N)c2)c1OCC[C@H](O)C=C(F)F. The number of carbonyl (C=O) groups is 1. The van der Waals surface area contributed by atoms with Gasteiger partial charge in [0.15, 0.2) is 11.4 Å². The van der Waals surface area contributed by atoms with Crippen molar-refractivity contribution in [3.8, 4) is 11.8 Å². The van der Waals surface area contributed by atoms with Crippen LogP contribution in [0.2, 0.25) is 0 Å². The highest BCUT2D eigenvalue weighted by molar-refractivity contribution is 7.90. The molecule has 1 amide bonds. The second kappa shape index (κ2) is 10.1. The lowest BCUT2D eigenvalue weighted by Gasteiger charge is -2.12. The second-order valence-corrected chi connectivity index (χ2v) is 7.96. The van der Waals surface area contributed by atoms with E-state index in [-0.39, 0.29) is 29.4 Å². The number of hydrogen-bond donors (Lipinski definition) is 2. The Labute approximate surface area is 181 Å². The number of carbonyl (C=O) groups excluding carboxylic acids is 1. The summed E-state index contributed by atoms with van der Waals surface area (Å²) < 4.78 is 71.9. The van der Waals surface area contributed by atoms with E-state index in [1.807, 2.05) is 0 Å². The van der Waals surface area contributed by atoms with E-state index in [0.29, 0.717) is 0 Å². The van der Waals surface area contributed by atoms with Crippen LogP contribution >= 0.6 is 0 Å². The molecule has 0 aliphatic rings. The number of anilines is 1. The van der Waals surface area contributed by atoms with Crippen LogP contribution in [0.4, 0.5) is 18.9 Å². The molecule has 2 rings (SSSR count). The van der Waals surface area contributed by atoms with Crippen molar-refractivity contribution in [3.63, 3.8) is 0 Å². The van der Waals surface area contributed by atoms with Gasteiger partial charge < -0.3 is 19.7 Å². The van der Waals surface area contributed by atoms with Crippen molar-refractivity contribution in [1.29, 1.82) is 5.26 Å². The van der Waals surface area contributed by atoms with Crippen LogP contribution in [-0.2, 0) is 17.1 Å². The summed E-state index contributed by atoms with van der Waals surface area (Å²) in [5, 5.41) is 20.8. The number of ether oxygens (including phenoxy) is 1. The van der Waals surface area contributed by atoms with Gasteiger partial charge in [0.25, 0.3) is 22.0 Å². The molecular formula is C19H17F3N4O5S. The molecule has 13 heteroatoms. The number of aliphatic hydroxyl groups excluding tert-OH is 1. The summed E-state index contributed by atoms with van der Waals surface area (Å²) >= 11 is 0. The normalized spacial score (nSPS) is 11.9. The molecule has 0 saturated heterocycles. The van der Waals surface area contributed by atoms with Gasteiger partial charge in [-0.1, -0.05) is 0 Å². The van der Waals surface area contributed by atoms with Gasteiger partial charge in [0.1, 0.15) is 16.8 Å².